The Hall–Kier alpha value is -0.990. The molecule has 0 aromatic heterocycles. The van der Waals surface area contributed by atoms with Gasteiger partial charge in [-0.25, -0.2) is 0 Å². The Balaban J connectivity index is 2.82. The largest absolute Gasteiger partial charge is 0.412 e. The van der Waals surface area contributed by atoms with Gasteiger partial charge in [0.1, 0.15) is 0 Å². The van der Waals surface area contributed by atoms with Crippen LogP contribution in [-0.2, 0) is 0 Å². The van der Waals surface area contributed by atoms with Gasteiger partial charge in [0.2, 0.25) is 0 Å². The van der Waals surface area contributed by atoms with Crippen molar-refractivity contribution in [3.63, 3.8) is 0 Å². The van der Waals surface area contributed by atoms with Crippen LogP contribution in [0.15, 0.2) is 35.5 Å². The van der Waals surface area contributed by atoms with Crippen molar-refractivity contribution in [2.24, 2.45) is 0 Å². The van der Waals surface area contributed by atoms with Crippen LogP contribution in [0.5, 0.6) is 0 Å². The first-order chi connectivity index (χ1) is 5.91. The van der Waals surface area contributed by atoms with E-state index in [1.807, 2.05) is 0 Å². The molecule has 13 heavy (non-hydrogen) atoms. The van der Waals surface area contributed by atoms with Gasteiger partial charge in [0.15, 0.2) is 0 Å². The van der Waals surface area contributed by atoms with E-state index in [1.54, 1.807) is 6.92 Å². The Labute approximate surface area is 75.4 Å². The van der Waals surface area contributed by atoms with Crippen LogP contribution in [0.2, 0.25) is 0 Å². The molecule has 0 radical (unpaired) electrons. The van der Waals surface area contributed by atoms with Crippen LogP contribution in [0.25, 0.3) is 0 Å². The van der Waals surface area contributed by atoms with Crippen molar-refractivity contribution in [2.45, 2.75) is 25.9 Å². The molecule has 0 N–H and O–H groups in total. The van der Waals surface area contributed by atoms with Gasteiger partial charge in [-0.3, -0.25) is 0 Å². The lowest BCUT2D eigenvalue weighted by Gasteiger charge is -2.16. The highest BCUT2D eigenvalue weighted by Gasteiger charge is 2.33. The fourth-order valence-corrected chi connectivity index (χ4v) is 1.23. The fourth-order valence-electron chi connectivity index (χ4n) is 1.23. The van der Waals surface area contributed by atoms with Crippen molar-refractivity contribution in [3.8, 4) is 0 Å². The first-order valence-corrected chi connectivity index (χ1v) is 4.04. The molecule has 0 saturated carbocycles. The minimum absolute atomic E-state index is 0.0716. The molecule has 72 valence electrons. The van der Waals surface area contributed by atoms with E-state index in [9.17, 15) is 13.2 Å². The predicted molar refractivity (Wildman–Crippen MR) is 46.3 cm³/mol. The molecule has 1 aliphatic rings. The van der Waals surface area contributed by atoms with Crippen LogP contribution in [0.3, 0.4) is 0 Å². The zero-order chi connectivity index (χ0) is 10.1. The number of halogens is 3. The maximum Gasteiger partial charge on any atom is 0.412 e. The summed E-state index contributed by atoms with van der Waals surface area (Å²) in [7, 11) is 0. The third-order valence-electron chi connectivity index (χ3n) is 2.06. The molecule has 0 unspecified atom stereocenters. The normalized spacial score (nSPS) is 17.8. The molecule has 0 aromatic rings. The second kappa shape index (κ2) is 3.40. The Morgan fingerprint density at radius 1 is 1.31 bits per heavy atom. The number of allylic oxidation sites excluding steroid dienone is 5. The molecule has 0 heterocycles. The van der Waals surface area contributed by atoms with E-state index >= 15 is 0 Å². The van der Waals surface area contributed by atoms with Gasteiger partial charge in [0.25, 0.3) is 0 Å². The monoisotopic (exact) mass is 188 g/mol. The quantitative estimate of drug-likeness (QED) is 0.587. The van der Waals surface area contributed by atoms with Crippen molar-refractivity contribution >= 4 is 0 Å². The fraction of sp³-hybridized carbons (Fsp3) is 0.400. The summed E-state index contributed by atoms with van der Waals surface area (Å²) in [6, 6.07) is 0. The number of rotatable bonds is 1. The van der Waals surface area contributed by atoms with Crippen LogP contribution in [0.1, 0.15) is 19.8 Å². The standard InChI is InChI=1S/C10H11F3/c1-7(2)8-3-5-9(6-4-8)10(11,12)13/h3,5H,1,4,6H2,2H3. The summed E-state index contributed by atoms with van der Waals surface area (Å²) in [5, 5.41) is 0. The molecule has 1 rings (SSSR count). The first kappa shape index (κ1) is 10.1. The summed E-state index contributed by atoms with van der Waals surface area (Å²) in [4.78, 5) is 0. The third kappa shape index (κ3) is 2.47. The van der Waals surface area contributed by atoms with Crippen molar-refractivity contribution in [2.75, 3.05) is 0 Å². The molecule has 0 bridgehead atoms. The molecule has 0 saturated heterocycles. The minimum Gasteiger partial charge on any atom is -0.166 e. The number of alkyl halides is 3. The van der Waals surface area contributed by atoms with Gasteiger partial charge in [0.05, 0.1) is 0 Å². The topological polar surface area (TPSA) is 0 Å². The van der Waals surface area contributed by atoms with Crippen molar-refractivity contribution in [1.29, 1.82) is 0 Å². The summed E-state index contributed by atoms with van der Waals surface area (Å²) in [5.74, 6) is 0. The van der Waals surface area contributed by atoms with Crippen molar-refractivity contribution in [3.05, 3.63) is 35.5 Å². The number of hydrogen-bond donors (Lipinski definition) is 0. The Kier molecular flexibility index (Phi) is 2.64. The highest BCUT2D eigenvalue weighted by atomic mass is 19.4. The van der Waals surface area contributed by atoms with Gasteiger partial charge in [-0.2, -0.15) is 13.2 Å². The SMILES string of the molecule is C=C(C)C1=CC=C(C(F)(F)F)CC1. The zero-order valence-corrected chi connectivity index (χ0v) is 7.41. The summed E-state index contributed by atoms with van der Waals surface area (Å²) in [5.41, 5.74) is 1.31. The lowest BCUT2D eigenvalue weighted by Crippen LogP contribution is -2.13. The van der Waals surface area contributed by atoms with E-state index < -0.39 is 11.7 Å². The summed E-state index contributed by atoms with van der Waals surface area (Å²) < 4.78 is 36.4. The Bertz CT molecular complexity index is 279. The summed E-state index contributed by atoms with van der Waals surface area (Å²) >= 11 is 0. The molecule has 0 nitrogen and oxygen atoms in total. The van der Waals surface area contributed by atoms with Gasteiger partial charge in [0, 0.05) is 5.57 Å². The summed E-state index contributed by atoms with van der Waals surface area (Å²) in [6.45, 7) is 5.49. The van der Waals surface area contributed by atoms with E-state index in [0.29, 0.717) is 6.42 Å². The smallest absolute Gasteiger partial charge is 0.166 e. The number of hydrogen-bond acceptors (Lipinski definition) is 0. The van der Waals surface area contributed by atoms with Gasteiger partial charge in [-0.15, -0.1) is 0 Å². The van der Waals surface area contributed by atoms with Crippen LogP contribution < -0.4 is 0 Å². The average molecular weight is 188 g/mol. The van der Waals surface area contributed by atoms with Crippen LogP contribution in [-0.4, -0.2) is 6.18 Å². The average Bonchev–Trinajstić information content (AvgIpc) is 2.03. The van der Waals surface area contributed by atoms with Gasteiger partial charge in [-0.05, 0) is 25.3 Å². The third-order valence-corrected chi connectivity index (χ3v) is 2.06. The van der Waals surface area contributed by atoms with E-state index in [-0.39, 0.29) is 6.42 Å². The van der Waals surface area contributed by atoms with Crippen LogP contribution in [0, 0.1) is 0 Å². The molecular weight excluding hydrogens is 177 g/mol. The van der Waals surface area contributed by atoms with Gasteiger partial charge >= 0.3 is 6.18 Å². The van der Waals surface area contributed by atoms with Crippen LogP contribution >= 0.6 is 0 Å². The van der Waals surface area contributed by atoms with Gasteiger partial charge < -0.3 is 0 Å². The van der Waals surface area contributed by atoms with Crippen molar-refractivity contribution < 1.29 is 13.2 Å². The minimum atomic E-state index is -4.17. The highest BCUT2D eigenvalue weighted by molar-refractivity contribution is 5.36. The van der Waals surface area contributed by atoms with E-state index in [0.717, 1.165) is 17.2 Å². The van der Waals surface area contributed by atoms with E-state index in [1.165, 1.54) is 6.08 Å². The van der Waals surface area contributed by atoms with Gasteiger partial charge in [-0.1, -0.05) is 24.3 Å². The maximum atomic E-state index is 12.1. The molecule has 1 aliphatic carbocycles. The van der Waals surface area contributed by atoms with Crippen molar-refractivity contribution in [1.82, 2.24) is 0 Å². The second-order valence-corrected chi connectivity index (χ2v) is 3.16. The summed E-state index contributed by atoms with van der Waals surface area (Å²) in [6.07, 6.45) is -0.998. The maximum absolute atomic E-state index is 12.1. The molecule has 0 aromatic carbocycles. The lowest BCUT2D eigenvalue weighted by molar-refractivity contribution is -0.0941. The zero-order valence-electron chi connectivity index (χ0n) is 7.41. The molecule has 0 amide bonds. The predicted octanol–water partition coefficient (Wildman–Crippen LogP) is 3.77. The molecule has 0 atom stereocenters. The molecule has 0 spiro atoms. The lowest BCUT2D eigenvalue weighted by atomic mass is 9.94. The Morgan fingerprint density at radius 3 is 2.23 bits per heavy atom. The van der Waals surface area contributed by atoms with E-state index in [2.05, 4.69) is 6.58 Å². The Morgan fingerprint density at radius 2 is 1.92 bits per heavy atom. The molecular formula is C10H11F3. The highest BCUT2D eigenvalue weighted by Crippen LogP contribution is 2.33. The second-order valence-electron chi connectivity index (χ2n) is 3.16. The molecule has 0 fully saturated rings. The first-order valence-electron chi connectivity index (χ1n) is 4.04. The molecule has 3 heteroatoms. The van der Waals surface area contributed by atoms with E-state index in [4.69, 9.17) is 0 Å². The molecule has 0 aliphatic heterocycles. The van der Waals surface area contributed by atoms with Crippen LogP contribution in [0.4, 0.5) is 13.2 Å².